The first-order valence-corrected chi connectivity index (χ1v) is 12.9. The number of piperidine rings is 1. The Bertz CT molecular complexity index is 1310. The molecule has 0 atom stereocenters. The second kappa shape index (κ2) is 12.2. The number of benzene rings is 2. The lowest BCUT2D eigenvalue weighted by Gasteiger charge is -2.26. The van der Waals surface area contributed by atoms with Crippen LogP contribution in [-0.2, 0) is 4.84 Å². The number of nitrogens with one attached hydrogen (secondary N) is 1. The number of nitrogens with zero attached hydrogens (tertiary/aromatic N) is 3. The fourth-order valence-electron chi connectivity index (χ4n) is 3.71. The van der Waals surface area contributed by atoms with Crippen molar-refractivity contribution in [2.24, 2.45) is 0 Å². The Morgan fingerprint density at radius 3 is 2.61 bits per heavy atom. The summed E-state index contributed by atoms with van der Waals surface area (Å²) in [5.74, 6) is 5.54. The van der Waals surface area contributed by atoms with E-state index in [0.717, 1.165) is 47.5 Å². The molecular formula is C25H22Cl2N4O4S. The lowest BCUT2D eigenvalue weighted by molar-refractivity contribution is -0.757. The van der Waals surface area contributed by atoms with E-state index < -0.39 is 5.09 Å². The molecule has 2 heterocycles. The fraction of sp³-hybridized carbons (Fsp3) is 0.280. The number of amides is 1. The summed E-state index contributed by atoms with van der Waals surface area (Å²) in [6, 6.07) is 12.6. The van der Waals surface area contributed by atoms with E-state index in [1.807, 2.05) is 35.3 Å². The minimum absolute atomic E-state index is 0.0790. The van der Waals surface area contributed by atoms with Crippen LogP contribution < -0.4 is 5.43 Å². The van der Waals surface area contributed by atoms with Crippen molar-refractivity contribution < 1.29 is 14.7 Å². The molecule has 8 nitrogen and oxygen atoms in total. The summed E-state index contributed by atoms with van der Waals surface area (Å²) in [5.41, 5.74) is 5.87. The van der Waals surface area contributed by atoms with Gasteiger partial charge in [-0.3, -0.25) is 10.2 Å². The van der Waals surface area contributed by atoms with Crippen molar-refractivity contribution in [2.45, 2.75) is 25.7 Å². The van der Waals surface area contributed by atoms with E-state index in [2.05, 4.69) is 22.1 Å². The first-order valence-electron chi connectivity index (χ1n) is 11.3. The molecule has 1 saturated heterocycles. The maximum absolute atomic E-state index is 13.0. The van der Waals surface area contributed by atoms with Crippen LogP contribution >= 0.6 is 34.5 Å². The third kappa shape index (κ3) is 6.74. The van der Waals surface area contributed by atoms with Crippen molar-refractivity contribution in [2.75, 3.05) is 19.7 Å². The van der Waals surface area contributed by atoms with Crippen LogP contribution in [0.25, 0.3) is 21.7 Å². The lowest BCUT2D eigenvalue weighted by atomic mass is 10.0. The van der Waals surface area contributed by atoms with Crippen molar-refractivity contribution in [1.29, 1.82) is 0 Å². The molecule has 0 saturated carbocycles. The van der Waals surface area contributed by atoms with E-state index in [9.17, 15) is 14.9 Å². The van der Waals surface area contributed by atoms with Crippen LogP contribution in [0, 0.1) is 22.0 Å². The number of carbonyl (C=O) groups is 1. The smallest absolute Gasteiger partial charge is 0.294 e. The highest BCUT2D eigenvalue weighted by Gasteiger charge is 2.22. The highest BCUT2D eigenvalue weighted by Crippen LogP contribution is 2.41. The van der Waals surface area contributed by atoms with Gasteiger partial charge in [-0.05, 0) is 37.1 Å². The quantitative estimate of drug-likeness (QED) is 0.173. The van der Waals surface area contributed by atoms with Gasteiger partial charge in [0.05, 0.1) is 15.6 Å². The van der Waals surface area contributed by atoms with Gasteiger partial charge in [0, 0.05) is 41.2 Å². The van der Waals surface area contributed by atoms with Gasteiger partial charge in [-0.25, -0.2) is 9.99 Å². The standard InChI is InChI=1S/C25H22Cl2N4O4S/c26-19-11-12-20(21(27)16-19)23-22(28-25(36-23)24(32)29-30-13-3-1-4-14-30)18-9-7-17(8-10-18)6-2-5-15-35-31(33)34/h7-12,16H,1,3-5,13-15H2,(H,29,32). The predicted molar refractivity (Wildman–Crippen MR) is 140 cm³/mol. The molecular weight excluding hydrogens is 523 g/mol. The monoisotopic (exact) mass is 544 g/mol. The molecule has 0 bridgehead atoms. The van der Waals surface area contributed by atoms with E-state index in [1.54, 1.807) is 12.1 Å². The molecule has 0 aliphatic carbocycles. The predicted octanol–water partition coefficient (Wildman–Crippen LogP) is 5.86. The van der Waals surface area contributed by atoms with Crippen LogP contribution in [0.4, 0.5) is 0 Å². The molecule has 1 aliphatic rings. The number of hydrazine groups is 1. The number of halogens is 2. The van der Waals surface area contributed by atoms with Crippen LogP contribution in [0.15, 0.2) is 42.5 Å². The van der Waals surface area contributed by atoms with Gasteiger partial charge in [-0.1, -0.05) is 59.7 Å². The van der Waals surface area contributed by atoms with Gasteiger partial charge >= 0.3 is 0 Å². The Balaban J connectivity index is 1.61. The topological polar surface area (TPSA) is 97.6 Å². The van der Waals surface area contributed by atoms with E-state index in [4.69, 9.17) is 28.2 Å². The number of aromatic nitrogens is 1. The summed E-state index contributed by atoms with van der Waals surface area (Å²) in [4.78, 5) is 32.9. The molecule has 11 heteroatoms. The Labute approximate surface area is 222 Å². The minimum Gasteiger partial charge on any atom is -0.313 e. The second-order valence-electron chi connectivity index (χ2n) is 8.00. The molecule has 1 N–H and O–H groups in total. The maximum Gasteiger partial charge on any atom is 0.294 e. The summed E-state index contributed by atoms with van der Waals surface area (Å²) >= 11 is 13.9. The van der Waals surface area contributed by atoms with Crippen LogP contribution in [0.2, 0.25) is 10.0 Å². The highest BCUT2D eigenvalue weighted by molar-refractivity contribution is 7.17. The van der Waals surface area contributed by atoms with Crippen LogP contribution in [0.3, 0.4) is 0 Å². The second-order valence-corrected chi connectivity index (χ2v) is 9.84. The molecule has 1 amide bonds. The summed E-state index contributed by atoms with van der Waals surface area (Å²) in [6.07, 6.45) is 3.50. The zero-order valence-electron chi connectivity index (χ0n) is 19.1. The number of carbonyl (C=O) groups excluding carboxylic acids is 1. The van der Waals surface area contributed by atoms with Crippen molar-refractivity contribution in [3.8, 4) is 33.5 Å². The molecule has 186 valence electrons. The van der Waals surface area contributed by atoms with Crippen molar-refractivity contribution in [3.05, 3.63) is 73.2 Å². The number of hydrogen-bond acceptors (Lipinski definition) is 7. The Hall–Kier alpha value is -3.16. The highest BCUT2D eigenvalue weighted by atomic mass is 35.5. The van der Waals surface area contributed by atoms with Gasteiger partial charge in [-0.15, -0.1) is 21.5 Å². The molecule has 1 aromatic heterocycles. The van der Waals surface area contributed by atoms with E-state index in [-0.39, 0.29) is 18.9 Å². The van der Waals surface area contributed by atoms with E-state index >= 15 is 0 Å². The normalized spacial score (nSPS) is 13.5. The van der Waals surface area contributed by atoms with Gasteiger partial charge in [0.15, 0.2) is 5.01 Å². The van der Waals surface area contributed by atoms with E-state index in [1.165, 1.54) is 17.8 Å². The molecule has 2 aromatic carbocycles. The molecule has 3 aromatic rings. The molecule has 0 unspecified atom stereocenters. The molecule has 0 radical (unpaired) electrons. The SMILES string of the molecule is O=C(NN1CCCCC1)c1nc(-c2ccc(C#CCCO[N+](=O)[O-])cc2)c(-c2ccc(Cl)cc2Cl)s1. The molecule has 0 spiro atoms. The Morgan fingerprint density at radius 1 is 1.17 bits per heavy atom. The summed E-state index contributed by atoms with van der Waals surface area (Å²) in [5, 5.41) is 12.6. The largest absolute Gasteiger partial charge is 0.313 e. The third-order valence-electron chi connectivity index (χ3n) is 5.43. The zero-order valence-corrected chi connectivity index (χ0v) is 21.5. The average molecular weight is 545 g/mol. The maximum atomic E-state index is 13.0. The Morgan fingerprint density at radius 2 is 1.92 bits per heavy atom. The molecule has 1 fully saturated rings. The summed E-state index contributed by atoms with van der Waals surface area (Å²) in [7, 11) is 0. The Kier molecular flexibility index (Phi) is 8.78. The lowest BCUT2D eigenvalue weighted by Crippen LogP contribution is -2.45. The summed E-state index contributed by atoms with van der Waals surface area (Å²) < 4.78 is 0. The van der Waals surface area contributed by atoms with Gasteiger partial charge in [-0.2, -0.15) is 0 Å². The van der Waals surface area contributed by atoms with Crippen LogP contribution in [0.5, 0.6) is 0 Å². The summed E-state index contributed by atoms with van der Waals surface area (Å²) in [6.45, 7) is 1.56. The van der Waals surface area contributed by atoms with Crippen molar-refractivity contribution in [3.63, 3.8) is 0 Å². The molecule has 1 aliphatic heterocycles. The van der Waals surface area contributed by atoms with Crippen LogP contribution in [0.1, 0.15) is 41.0 Å². The zero-order chi connectivity index (χ0) is 25.5. The van der Waals surface area contributed by atoms with Crippen molar-refractivity contribution in [1.82, 2.24) is 15.4 Å². The van der Waals surface area contributed by atoms with Gasteiger partial charge < -0.3 is 4.84 Å². The van der Waals surface area contributed by atoms with Crippen LogP contribution in [-0.4, -0.2) is 40.7 Å². The molecule has 36 heavy (non-hydrogen) atoms. The van der Waals surface area contributed by atoms with E-state index in [0.29, 0.717) is 20.7 Å². The number of rotatable bonds is 7. The van der Waals surface area contributed by atoms with Gasteiger partial charge in [0.25, 0.3) is 11.0 Å². The minimum atomic E-state index is -0.837. The third-order valence-corrected chi connectivity index (χ3v) is 7.06. The first-order chi connectivity index (χ1) is 17.4. The van der Waals surface area contributed by atoms with Crippen molar-refractivity contribution >= 4 is 40.4 Å². The molecule has 4 rings (SSSR count). The average Bonchev–Trinajstić information content (AvgIpc) is 3.30. The van der Waals surface area contributed by atoms with Gasteiger partial charge in [0.1, 0.15) is 6.61 Å². The fourth-order valence-corrected chi connectivity index (χ4v) is 5.29. The number of thiazole rings is 1. The first kappa shape index (κ1) is 25.9. The van der Waals surface area contributed by atoms with Gasteiger partial charge in [0.2, 0.25) is 0 Å². The number of hydrogen-bond donors (Lipinski definition) is 1.